The molecule has 0 radical (unpaired) electrons. The lowest BCUT2D eigenvalue weighted by atomic mass is 9.85. The van der Waals surface area contributed by atoms with Crippen molar-refractivity contribution in [1.82, 2.24) is 10.6 Å². The lowest BCUT2D eigenvalue weighted by molar-refractivity contribution is -0.205. The first-order valence-corrected chi connectivity index (χ1v) is 14.0. The largest absolute Gasteiger partial charge is 0.388 e. The van der Waals surface area contributed by atoms with Crippen molar-refractivity contribution in [3.63, 3.8) is 0 Å². The van der Waals surface area contributed by atoms with Gasteiger partial charge in [0.05, 0.1) is 29.2 Å². The minimum absolute atomic E-state index is 0.130. The summed E-state index contributed by atoms with van der Waals surface area (Å²) in [6.45, 7) is 2.82. The second kappa shape index (κ2) is 12.0. The van der Waals surface area contributed by atoms with Crippen LogP contribution in [0.5, 0.6) is 0 Å². The predicted molar refractivity (Wildman–Crippen MR) is 136 cm³/mol. The molecule has 5 N–H and O–H groups in total. The minimum Gasteiger partial charge on any atom is -0.388 e. The van der Waals surface area contributed by atoms with Crippen LogP contribution < -0.4 is 10.6 Å². The van der Waals surface area contributed by atoms with Crippen LogP contribution >= 0.6 is 23.4 Å². The van der Waals surface area contributed by atoms with Crippen LogP contribution in [-0.2, 0) is 14.3 Å². The molecule has 0 spiro atoms. The maximum absolute atomic E-state index is 13.4. The number of alkyl halides is 1. The van der Waals surface area contributed by atoms with E-state index in [2.05, 4.69) is 16.7 Å². The minimum atomic E-state index is -1.42. The molecule has 9 nitrogen and oxygen atoms in total. The highest BCUT2D eigenvalue weighted by Crippen LogP contribution is 2.36. The number of carbonyl (C=O) groups excluding carboxylic acids is 1. The number of aliphatic hydroxyl groups is 3. The fraction of sp³-hybridized carbons (Fsp3) is 0.680. The fourth-order valence-corrected chi connectivity index (χ4v) is 6.40. The number of carbonyl (C=O) groups is 1. The summed E-state index contributed by atoms with van der Waals surface area (Å²) in [5, 5.41) is 45.8. The molecule has 0 bridgehead atoms. The van der Waals surface area contributed by atoms with Crippen LogP contribution in [0.3, 0.4) is 0 Å². The molecular weight excluding hydrogens is 506 g/mol. The Bertz CT molecular complexity index is 945. The Morgan fingerprint density at radius 2 is 1.97 bits per heavy atom. The van der Waals surface area contributed by atoms with Crippen molar-refractivity contribution in [2.75, 3.05) is 19.4 Å². The van der Waals surface area contributed by atoms with Gasteiger partial charge in [-0.1, -0.05) is 12.1 Å². The number of thioether (sulfide) groups is 1. The predicted octanol–water partition coefficient (Wildman–Crippen LogP) is 0.692. The second-order valence-electron chi connectivity index (χ2n) is 9.82. The topological polar surface area (TPSA) is 144 Å². The van der Waals surface area contributed by atoms with E-state index in [9.17, 15) is 20.1 Å². The molecule has 3 heterocycles. The van der Waals surface area contributed by atoms with Crippen molar-refractivity contribution in [3.8, 4) is 6.07 Å². The molecule has 3 fully saturated rings. The van der Waals surface area contributed by atoms with Crippen molar-refractivity contribution >= 4 is 29.3 Å². The molecule has 36 heavy (non-hydrogen) atoms. The summed E-state index contributed by atoms with van der Waals surface area (Å²) in [4.78, 5) is 13.4. The molecule has 11 atom stereocenters. The Balaban J connectivity index is 1.43. The second-order valence-corrected chi connectivity index (χ2v) is 11.4. The lowest BCUT2D eigenvalue weighted by Gasteiger charge is -2.44. The Morgan fingerprint density at radius 3 is 2.61 bits per heavy atom. The van der Waals surface area contributed by atoms with Crippen LogP contribution in [0.4, 0.5) is 0 Å². The molecule has 198 valence electrons. The van der Waals surface area contributed by atoms with Gasteiger partial charge in [0, 0.05) is 19.1 Å². The Labute approximate surface area is 220 Å². The molecule has 3 aliphatic rings. The number of hydrogen-bond acceptors (Lipinski definition) is 9. The summed E-state index contributed by atoms with van der Waals surface area (Å²) >= 11 is 7.62. The first kappa shape index (κ1) is 27.6. The number of benzene rings is 1. The van der Waals surface area contributed by atoms with Crippen LogP contribution in [0.15, 0.2) is 24.3 Å². The van der Waals surface area contributed by atoms with Crippen molar-refractivity contribution in [2.24, 2.45) is 5.92 Å². The molecule has 1 aromatic rings. The van der Waals surface area contributed by atoms with Crippen LogP contribution in [-0.4, -0.2) is 94.1 Å². The van der Waals surface area contributed by atoms with Crippen molar-refractivity contribution < 1.29 is 29.6 Å². The van der Waals surface area contributed by atoms with Crippen LogP contribution in [0, 0.1) is 17.2 Å². The first-order valence-electron chi connectivity index (χ1n) is 12.3. The van der Waals surface area contributed by atoms with Gasteiger partial charge < -0.3 is 35.4 Å². The average Bonchev–Trinajstić information content (AvgIpc) is 3.16. The quantitative estimate of drug-likeness (QED) is 0.330. The van der Waals surface area contributed by atoms with E-state index in [1.807, 2.05) is 24.3 Å². The fourth-order valence-electron chi connectivity index (χ4n) is 5.51. The summed E-state index contributed by atoms with van der Waals surface area (Å²) in [7, 11) is 0. The smallest absolute Gasteiger partial charge is 0.240 e. The first-order chi connectivity index (χ1) is 17.2. The summed E-state index contributed by atoms with van der Waals surface area (Å²) in [5.74, 6) is 0.0909. The number of hydrogen-bond donors (Lipinski definition) is 5. The maximum atomic E-state index is 13.4. The Hall–Kier alpha value is -1.42. The van der Waals surface area contributed by atoms with E-state index in [-0.39, 0.29) is 23.8 Å². The van der Waals surface area contributed by atoms with Gasteiger partial charge in [-0.05, 0) is 49.6 Å². The molecule has 11 heteroatoms. The molecule has 4 rings (SSSR count). The summed E-state index contributed by atoms with van der Waals surface area (Å²) < 4.78 is 12.0. The summed E-state index contributed by atoms with van der Waals surface area (Å²) in [6, 6.07) is 8.38. The Kier molecular flexibility index (Phi) is 9.18. The van der Waals surface area contributed by atoms with Gasteiger partial charge in [0.25, 0.3) is 0 Å². The summed E-state index contributed by atoms with van der Waals surface area (Å²) in [6.07, 6.45) is -2.00. The molecule has 1 amide bonds. The number of nitrogens with one attached hydrogen (secondary N) is 2. The molecule has 7 unspecified atom stereocenters. The highest BCUT2D eigenvalue weighted by atomic mass is 35.5. The highest BCUT2D eigenvalue weighted by molar-refractivity contribution is 7.99. The zero-order valence-electron chi connectivity index (χ0n) is 20.3. The summed E-state index contributed by atoms with van der Waals surface area (Å²) in [5.41, 5.74) is 1.03. The number of halogens is 1. The monoisotopic (exact) mass is 539 g/mol. The number of amides is 1. The van der Waals surface area contributed by atoms with Crippen molar-refractivity contribution in [2.45, 2.75) is 79.1 Å². The lowest BCUT2D eigenvalue weighted by Crippen LogP contribution is -2.65. The van der Waals surface area contributed by atoms with Crippen LogP contribution in [0.25, 0.3) is 0 Å². The number of nitriles is 1. The normalized spacial score (nSPS) is 38.3. The third-order valence-corrected chi connectivity index (χ3v) is 8.67. The highest BCUT2D eigenvalue weighted by Gasteiger charge is 2.49. The molecule has 0 aliphatic carbocycles. The molecule has 3 aliphatic heterocycles. The van der Waals surface area contributed by atoms with E-state index in [1.54, 1.807) is 13.2 Å². The zero-order chi connectivity index (χ0) is 26.0. The number of ether oxygens (including phenoxy) is 2. The third-order valence-electron chi connectivity index (χ3n) is 7.55. The van der Waals surface area contributed by atoms with Crippen molar-refractivity contribution in [1.29, 1.82) is 5.26 Å². The van der Waals surface area contributed by atoms with E-state index < -0.39 is 47.3 Å². The zero-order valence-corrected chi connectivity index (χ0v) is 21.9. The standard InChI is InChI=1S/C25H34ClN3O6S/c1-12(26)17(23-20(31)19(30)21(32)25(35-23)36-2)29-24(33)18-22-16(11-28-18)9-15(7-8-34-22)14-5-3-13(10-27)4-6-14/h3-6,12,15-23,25,28,30-32H,7-9,11H2,1-2H3,(H,29,33)/t12-,15-,16?,17?,18?,19?,20?,21?,22+,23+,25?/m0/s1. The van der Waals surface area contributed by atoms with Gasteiger partial charge in [-0.3, -0.25) is 4.79 Å². The number of nitrogens with zero attached hydrogens (tertiary/aromatic N) is 1. The molecule has 1 aromatic carbocycles. The third kappa shape index (κ3) is 5.69. The maximum Gasteiger partial charge on any atom is 0.240 e. The van der Waals surface area contributed by atoms with E-state index in [4.69, 9.17) is 26.3 Å². The van der Waals surface area contributed by atoms with E-state index in [1.165, 1.54) is 11.8 Å². The van der Waals surface area contributed by atoms with E-state index in [0.717, 1.165) is 18.4 Å². The number of fused-ring (bicyclic) bond motifs is 1. The number of rotatable bonds is 6. The van der Waals surface area contributed by atoms with Gasteiger partial charge in [0.2, 0.25) is 5.91 Å². The van der Waals surface area contributed by atoms with Gasteiger partial charge in [-0.25, -0.2) is 0 Å². The van der Waals surface area contributed by atoms with Gasteiger partial charge in [0.1, 0.15) is 35.9 Å². The molecular formula is C25H34ClN3O6S. The van der Waals surface area contributed by atoms with Crippen LogP contribution in [0.1, 0.15) is 36.8 Å². The molecule has 3 saturated heterocycles. The van der Waals surface area contributed by atoms with Gasteiger partial charge in [-0.2, -0.15) is 5.26 Å². The van der Waals surface area contributed by atoms with E-state index >= 15 is 0 Å². The molecule has 0 saturated carbocycles. The van der Waals surface area contributed by atoms with Crippen molar-refractivity contribution in [3.05, 3.63) is 35.4 Å². The average molecular weight is 540 g/mol. The van der Waals surface area contributed by atoms with Gasteiger partial charge >= 0.3 is 0 Å². The van der Waals surface area contributed by atoms with E-state index in [0.29, 0.717) is 18.7 Å². The number of aliphatic hydroxyl groups excluding tert-OH is 3. The van der Waals surface area contributed by atoms with Gasteiger partial charge in [0.15, 0.2) is 0 Å². The Morgan fingerprint density at radius 1 is 1.25 bits per heavy atom. The van der Waals surface area contributed by atoms with Gasteiger partial charge in [-0.15, -0.1) is 23.4 Å². The SMILES string of the molecule is CSC1O[C@H](C(NC(=O)C2NCC3C[C@@H](c4ccc(C#N)cc4)CCO[C@H]32)[C@H](C)Cl)C(O)C(O)C1O. The molecule has 0 aromatic heterocycles. The van der Waals surface area contributed by atoms with Crippen LogP contribution in [0.2, 0.25) is 0 Å².